The molecule has 2 aliphatic heterocycles. The molecule has 9 heteroatoms. The number of amides is 2. The summed E-state index contributed by atoms with van der Waals surface area (Å²) in [6.45, 7) is 3.98. The van der Waals surface area contributed by atoms with Gasteiger partial charge in [0.2, 0.25) is 5.95 Å². The molecular formula is C18H25N7O2. The average molecular weight is 371 g/mol. The van der Waals surface area contributed by atoms with Gasteiger partial charge in [0.05, 0.1) is 31.1 Å². The van der Waals surface area contributed by atoms with E-state index in [-0.39, 0.29) is 12.1 Å². The zero-order chi connectivity index (χ0) is 18.6. The smallest absolute Gasteiger partial charge is 0.317 e. The average Bonchev–Trinajstić information content (AvgIpc) is 3.38. The molecule has 1 atom stereocenters. The van der Waals surface area contributed by atoms with Crippen LogP contribution in [0.3, 0.4) is 0 Å². The minimum Gasteiger partial charge on any atom is -0.368 e. The highest BCUT2D eigenvalue weighted by atomic mass is 16.5. The van der Waals surface area contributed by atoms with Crippen LogP contribution < -0.4 is 10.2 Å². The maximum Gasteiger partial charge on any atom is 0.317 e. The topological polar surface area (TPSA) is 88.4 Å². The van der Waals surface area contributed by atoms with Crippen molar-refractivity contribution in [2.45, 2.75) is 25.5 Å². The van der Waals surface area contributed by atoms with Crippen LogP contribution in [0.2, 0.25) is 0 Å². The molecule has 2 amide bonds. The van der Waals surface area contributed by atoms with E-state index in [0.717, 1.165) is 30.4 Å². The lowest BCUT2D eigenvalue weighted by atomic mass is 10.2. The van der Waals surface area contributed by atoms with Crippen molar-refractivity contribution in [3.8, 4) is 0 Å². The van der Waals surface area contributed by atoms with E-state index < -0.39 is 0 Å². The largest absolute Gasteiger partial charge is 0.368 e. The van der Waals surface area contributed by atoms with Crippen LogP contribution in [0.15, 0.2) is 24.5 Å². The fourth-order valence-corrected chi connectivity index (χ4v) is 3.48. The first-order valence-electron chi connectivity index (χ1n) is 9.40. The summed E-state index contributed by atoms with van der Waals surface area (Å²) in [6, 6.07) is 3.67. The molecule has 0 saturated carbocycles. The third-order valence-electron chi connectivity index (χ3n) is 5.08. The molecule has 0 aromatic carbocycles. The summed E-state index contributed by atoms with van der Waals surface area (Å²) < 4.78 is 7.64. The number of nitrogens with zero attached hydrogens (tertiary/aromatic N) is 6. The van der Waals surface area contributed by atoms with Crippen molar-refractivity contribution < 1.29 is 9.53 Å². The van der Waals surface area contributed by atoms with Crippen LogP contribution >= 0.6 is 0 Å². The molecule has 4 rings (SSSR count). The van der Waals surface area contributed by atoms with Gasteiger partial charge in [-0.3, -0.25) is 4.68 Å². The van der Waals surface area contributed by atoms with E-state index >= 15 is 0 Å². The van der Waals surface area contributed by atoms with Crippen LogP contribution in [0.4, 0.5) is 10.7 Å². The monoisotopic (exact) mass is 371 g/mol. The van der Waals surface area contributed by atoms with E-state index in [1.165, 1.54) is 12.8 Å². The fourth-order valence-electron chi connectivity index (χ4n) is 3.48. The summed E-state index contributed by atoms with van der Waals surface area (Å²) >= 11 is 0. The molecule has 2 saturated heterocycles. The number of carbonyl (C=O) groups excluding carboxylic acids is 1. The van der Waals surface area contributed by atoms with Gasteiger partial charge < -0.3 is 19.9 Å². The summed E-state index contributed by atoms with van der Waals surface area (Å²) in [7, 11) is 1.86. The predicted molar refractivity (Wildman–Crippen MR) is 99.2 cm³/mol. The summed E-state index contributed by atoms with van der Waals surface area (Å²) in [5.74, 6) is 0.756. The SMILES string of the molecule is Cn1nccc1CNC(=O)N1CCOC(c2ccnc(N3CCCC3)n2)C1. The molecule has 4 heterocycles. The van der Waals surface area contributed by atoms with Crippen LogP contribution in [-0.2, 0) is 18.3 Å². The first kappa shape index (κ1) is 17.7. The van der Waals surface area contributed by atoms with Gasteiger partial charge in [-0.25, -0.2) is 14.8 Å². The maximum atomic E-state index is 12.5. The van der Waals surface area contributed by atoms with Gasteiger partial charge >= 0.3 is 6.03 Å². The minimum atomic E-state index is -0.231. The Labute approximate surface area is 158 Å². The molecular weight excluding hydrogens is 346 g/mol. The molecule has 2 aromatic rings. The zero-order valence-electron chi connectivity index (χ0n) is 15.5. The first-order chi connectivity index (χ1) is 13.2. The third-order valence-corrected chi connectivity index (χ3v) is 5.08. The molecule has 0 bridgehead atoms. The lowest BCUT2D eigenvalue weighted by Crippen LogP contribution is -2.47. The molecule has 9 nitrogen and oxygen atoms in total. The van der Waals surface area contributed by atoms with Gasteiger partial charge in [-0.1, -0.05) is 0 Å². The lowest BCUT2D eigenvalue weighted by Gasteiger charge is -2.32. The van der Waals surface area contributed by atoms with E-state index in [4.69, 9.17) is 9.72 Å². The predicted octanol–water partition coefficient (Wildman–Crippen LogP) is 1.09. The van der Waals surface area contributed by atoms with Crippen molar-refractivity contribution in [1.29, 1.82) is 0 Å². The molecule has 144 valence electrons. The van der Waals surface area contributed by atoms with Gasteiger partial charge in [-0.15, -0.1) is 0 Å². The number of nitrogens with one attached hydrogen (secondary N) is 1. The molecule has 0 radical (unpaired) electrons. The number of ether oxygens (including phenoxy) is 1. The van der Waals surface area contributed by atoms with Crippen LogP contribution in [0.25, 0.3) is 0 Å². The normalized spacial score (nSPS) is 20.1. The number of rotatable bonds is 4. The van der Waals surface area contributed by atoms with E-state index in [9.17, 15) is 4.79 Å². The van der Waals surface area contributed by atoms with Crippen LogP contribution in [0.5, 0.6) is 0 Å². The van der Waals surface area contributed by atoms with Gasteiger partial charge in [0.25, 0.3) is 0 Å². The Kier molecular flexibility index (Phi) is 5.19. The van der Waals surface area contributed by atoms with Crippen molar-refractivity contribution in [2.75, 3.05) is 37.7 Å². The van der Waals surface area contributed by atoms with Gasteiger partial charge in [-0.05, 0) is 25.0 Å². The highest BCUT2D eigenvalue weighted by molar-refractivity contribution is 5.74. The molecule has 27 heavy (non-hydrogen) atoms. The summed E-state index contributed by atoms with van der Waals surface area (Å²) in [5, 5.41) is 7.07. The highest BCUT2D eigenvalue weighted by Crippen LogP contribution is 2.23. The van der Waals surface area contributed by atoms with Crippen LogP contribution in [-0.4, -0.2) is 63.5 Å². The summed E-state index contributed by atoms with van der Waals surface area (Å²) in [5.41, 5.74) is 1.79. The lowest BCUT2D eigenvalue weighted by molar-refractivity contribution is -0.0176. The van der Waals surface area contributed by atoms with Crippen molar-refractivity contribution in [1.82, 2.24) is 30.0 Å². The molecule has 0 aliphatic carbocycles. The minimum absolute atomic E-state index is 0.0988. The van der Waals surface area contributed by atoms with Crippen LogP contribution in [0.1, 0.15) is 30.3 Å². The number of carbonyl (C=O) groups is 1. The van der Waals surface area contributed by atoms with Gasteiger partial charge in [-0.2, -0.15) is 5.10 Å². The van der Waals surface area contributed by atoms with E-state index in [0.29, 0.717) is 26.2 Å². The molecule has 2 aliphatic rings. The van der Waals surface area contributed by atoms with Crippen LogP contribution in [0, 0.1) is 0 Å². The Morgan fingerprint density at radius 2 is 2.11 bits per heavy atom. The van der Waals surface area contributed by atoms with Gasteiger partial charge in [0, 0.05) is 39.1 Å². The van der Waals surface area contributed by atoms with Gasteiger partial charge in [0.15, 0.2) is 0 Å². The number of urea groups is 1. The standard InChI is InChI=1S/C18H25N7O2/c1-23-14(4-7-21-23)12-20-18(26)25-10-11-27-16(13-25)15-5-6-19-17(22-15)24-8-2-3-9-24/h4-7,16H,2-3,8-13H2,1H3,(H,20,26). The molecule has 2 aromatic heterocycles. The Bertz CT molecular complexity index is 788. The zero-order valence-corrected chi connectivity index (χ0v) is 15.5. The number of morpholine rings is 1. The van der Waals surface area contributed by atoms with Gasteiger partial charge in [0.1, 0.15) is 6.10 Å². The summed E-state index contributed by atoms with van der Waals surface area (Å²) in [6.07, 6.45) is 5.63. The number of hydrogen-bond acceptors (Lipinski definition) is 6. The number of hydrogen-bond donors (Lipinski definition) is 1. The number of aromatic nitrogens is 4. The van der Waals surface area contributed by atoms with Crippen molar-refractivity contribution in [3.05, 3.63) is 35.9 Å². The second-order valence-corrected chi connectivity index (χ2v) is 6.89. The number of aryl methyl sites for hydroxylation is 1. The fraction of sp³-hybridized carbons (Fsp3) is 0.556. The van der Waals surface area contributed by atoms with Crippen molar-refractivity contribution in [2.24, 2.45) is 7.05 Å². The Hall–Kier alpha value is -2.68. The Morgan fingerprint density at radius 3 is 2.89 bits per heavy atom. The molecule has 1 N–H and O–H groups in total. The van der Waals surface area contributed by atoms with E-state index in [2.05, 4.69) is 20.3 Å². The summed E-state index contributed by atoms with van der Waals surface area (Å²) in [4.78, 5) is 25.6. The molecule has 0 spiro atoms. The van der Waals surface area contributed by atoms with E-state index in [1.807, 2.05) is 19.2 Å². The molecule has 1 unspecified atom stereocenters. The quantitative estimate of drug-likeness (QED) is 0.866. The van der Waals surface area contributed by atoms with Crippen molar-refractivity contribution in [3.63, 3.8) is 0 Å². The second kappa shape index (κ2) is 7.91. The third kappa shape index (κ3) is 4.02. The van der Waals surface area contributed by atoms with E-state index in [1.54, 1.807) is 22.0 Å². The Morgan fingerprint density at radius 1 is 1.26 bits per heavy atom. The maximum absolute atomic E-state index is 12.5. The highest BCUT2D eigenvalue weighted by Gasteiger charge is 2.27. The first-order valence-corrected chi connectivity index (χ1v) is 9.40. The Balaban J connectivity index is 1.38. The second-order valence-electron chi connectivity index (χ2n) is 6.89. The van der Waals surface area contributed by atoms with Crippen molar-refractivity contribution >= 4 is 12.0 Å². The number of anilines is 1. The molecule has 2 fully saturated rings.